The second-order valence-corrected chi connectivity index (χ2v) is 6.82. The third-order valence-corrected chi connectivity index (χ3v) is 4.87. The first-order chi connectivity index (χ1) is 14.0. The standard InChI is InChI=1S/C23H22ClNO4/c1-3-29-11-10-15-12-20(17-6-9-19(23(26)27)21(24)13-17)22(25-14-15)16-4-7-18(28-2)8-5-16/h4-9,12-14H,3,10-11H2,1-2H3,(H,26,27). The Labute approximate surface area is 174 Å². The molecule has 0 atom stereocenters. The van der Waals surface area contributed by atoms with Crippen LogP contribution in [0.5, 0.6) is 5.75 Å². The molecule has 3 rings (SSSR count). The van der Waals surface area contributed by atoms with E-state index in [0.717, 1.165) is 40.1 Å². The van der Waals surface area contributed by atoms with Crippen molar-refractivity contribution >= 4 is 17.6 Å². The van der Waals surface area contributed by atoms with Gasteiger partial charge >= 0.3 is 5.97 Å². The number of carboxylic acid groups (broad SMARTS) is 1. The molecule has 0 aliphatic carbocycles. The van der Waals surface area contributed by atoms with E-state index in [9.17, 15) is 9.90 Å². The molecule has 0 spiro atoms. The van der Waals surface area contributed by atoms with Gasteiger partial charge in [0.15, 0.2) is 0 Å². The van der Waals surface area contributed by atoms with Gasteiger partial charge in [-0.25, -0.2) is 4.79 Å². The van der Waals surface area contributed by atoms with Crippen LogP contribution in [0.1, 0.15) is 22.8 Å². The van der Waals surface area contributed by atoms with E-state index in [4.69, 9.17) is 26.1 Å². The SMILES string of the molecule is CCOCCc1cnc(-c2ccc(OC)cc2)c(-c2ccc(C(=O)O)c(Cl)c2)c1. The Balaban J connectivity index is 2.08. The van der Waals surface area contributed by atoms with Crippen molar-refractivity contribution < 1.29 is 19.4 Å². The van der Waals surface area contributed by atoms with E-state index >= 15 is 0 Å². The van der Waals surface area contributed by atoms with Crippen molar-refractivity contribution in [2.75, 3.05) is 20.3 Å². The number of aromatic carboxylic acids is 1. The van der Waals surface area contributed by atoms with Crippen molar-refractivity contribution in [2.45, 2.75) is 13.3 Å². The number of aromatic nitrogens is 1. The Morgan fingerprint density at radius 1 is 1.10 bits per heavy atom. The van der Waals surface area contributed by atoms with Gasteiger partial charge < -0.3 is 14.6 Å². The van der Waals surface area contributed by atoms with Gasteiger partial charge in [0, 0.05) is 23.9 Å². The molecule has 0 aliphatic heterocycles. The van der Waals surface area contributed by atoms with Crippen LogP contribution in [0.15, 0.2) is 54.7 Å². The van der Waals surface area contributed by atoms with Crippen LogP contribution in [0.4, 0.5) is 0 Å². The highest BCUT2D eigenvalue weighted by Crippen LogP contribution is 2.34. The molecule has 0 aliphatic rings. The average molecular weight is 412 g/mol. The molecule has 1 heterocycles. The van der Waals surface area contributed by atoms with Crippen LogP contribution in [-0.4, -0.2) is 36.4 Å². The predicted octanol–water partition coefficient (Wildman–Crippen LogP) is 5.35. The van der Waals surface area contributed by atoms with E-state index in [2.05, 4.69) is 6.07 Å². The first-order valence-electron chi connectivity index (χ1n) is 9.27. The minimum Gasteiger partial charge on any atom is -0.497 e. The molecule has 150 valence electrons. The molecule has 0 saturated carbocycles. The molecule has 1 aromatic heterocycles. The first kappa shape index (κ1) is 20.8. The molecule has 0 saturated heterocycles. The molecule has 0 amide bonds. The number of carboxylic acids is 1. The summed E-state index contributed by atoms with van der Waals surface area (Å²) in [5.74, 6) is -0.294. The number of hydrogen-bond acceptors (Lipinski definition) is 4. The van der Waals surface area contributed by atoms with Crippen LogP contribution in [0, 0.1) is 0 Å². The molecule has 3 aromatic rings. The number of pyridine rings is 1. The molecule has 0 unspecified atom stereocenters. The van der Waals surface area contributed by atoms with Crippen molar-refractivity contribution in [2.24, 2.45) is 0 Å². The van der Waals surface area contributed by atoms with Crippen LogP contribution in [-0.2, 0) is 11.2 Å². The van der Waals surface area contributed by atoms with Crippen LogP contribution >= 0.6 is 11.6 Å². The van der Waals surface area contributed by atoms with Gasteiger partial charge in [0.1, 0.15) is 5.75 Å². The molecule has 6 heteroatoms. The second-order valence-electron chi connectivity index (χ2n) is 6.41. The van der Waals surface area contributed by atoms with E-state index in [-0.39, 0.29) is 10.6 Å². The Morgan fingerprint density at radius 3 is 2.45 bits per heavy atom. The Kier molecular flexibility index (Phi) is 6.86. The summed E-state index contributed by atoms with van der Waals surface area (Å²) in [6.45, 7) is 3.23. The fourth-order valence-corrected chi connectivity index (χ4v) is 3.30. The lowest BCUT2D eigenvalue weighted by Crippen LogP contribution is -2.01. The summed E-state index contributed by atoms with van der Waals surface area (Å²) in [6, 6.07) is 14.6. The molecule has 1 N–H and O–H groups in total. The van der Waals surface area contributed by atoms with Crippen molar-refractivity contribution in [3.63, 3.8) is 0 Å². The van der Waals surface area contributed by atoms with Crippen molar-refractivity contribution in [1.82, 2.24) is 4.98 Å². The fourth-order valence-electron chi connectivity index (χ4n) is 3.03. The zero-order valence-electron chi connectivity index (χ0n) is 16.3. The lowest BCUT2D eigenvalue weighted by molar-refractivity contribution is 0.0697. The summed E-state index contributed by atoms with van der Waals surface area (Å²) in [7, 11) is 1.62. The minimum absolute atomic E-state index is 0.0712. The van der Waals surface area contributed by atoms with Gasteiger partial charge in [-0.15, -0.1) is 0 Å². The van der Waals surface area contributed by atoms with E-state index in [1.165, 1.54) is 6.07 Å². The number of methoxy groups -OCH3 is 1. The first-order valence-corrected chi connectivity index (χ1v) is 9.65. The molecule has 29 heavy (non-hydrogen) atoms. The number of benzene rings is 2. The van der Waals surface area contributed by atoms with Gasteiger partial charge in [-0.3, -0.25) is 4.98 Å². The molecule has 5 nitrogen and oxygen atoms in total. The van der Waals surface area contributed by atoms with Crippen LogP contribution in [0.2, 0.25) is 5.02 Å². The lowest BCUT2D eigenvalue weighted by atomic mass is 9.96. The fraction of sp³-hybridized carbons (Fsp3) is 0.217. The monoisotopic (exact) mass is 411 g/mol. The number of halogens is 1. The van der Waals surface area contributed by atoms with Gasteiger partial charge in [-0.1, -0.05) is 17.7 Å². The van der Waals surface area contributed by atoms with Crippen molar-refractivity contribution in [3.05, 3.63) is 70.9 Å². The minimum atomic E-state index is -1.06. The largest absolute Gasteiger partial charge is 0.497 e. The Bertz CT molecular complexity index is 1000. The van der Waals surface area contributed by atoms with Crippen molar-refractivity contribution in [3.8, 4) is 28.1 Å². The maximum atomic E-state index is 11.3. The smallest absolute Gasteiger partial charge is 0.337 e. The van der Waals surface area contributed by atoms with Gasteiger partial charge in [-0.2, -0.15) is 0 Å². The van der Waals surface area contributed by atoms with Gasteiger partial charge in [0.25, 0.3) is 0 Å². The summed E-state index contributed by atoms with van der Waals surface area (Å²) in [5.41, 5.74) is 4.49. The van der Waals surface area contributed by atoms with Crippen LogP contribution in [0.3, 0.4) is 0 Å². The normalized spacial score (nSPS) is 10.7. The zero-order chi connectivity index (χ0) is 20.8. The van der Waals surface area contributed by atoms with Gasteiger partial charge in [0.2, 0.25) is 0 Å². The zero-order valence-corrected chi connectivity index (χ0v) is 17.1. The number of hydrogen-bond donors (Lipinski definition) is 1. The highest BCUT2D eigenvalue weighted by Gasteiger charge is 2.14. The second kappa shape index (κ2) is 9.54. The summed E-state index contributed by atoms with van der Waals surface area (Å²) in [5, 5.41) is 9.44. The summed E-state index contributed by atoms with van der Waals surface area (Å²) in [4.78, 5) is 16.0. The number of ether oxygens (including phenoxy) is 2. The van der Waals surface area contributed by atoms with E-state index in [1.807, 2.05) is 37.4 Å². The predicted molar refractivity (Wildman–Crippen MR) is 114 cm³/mol. The molecular weight excluding hydrogens is 390 g/mol. The van der Waals surface area contributed by atoms with Crippen molar-refractivity contribution in [1.29, 1.82) is 0 Å². The Morgan fingerprint density at radius 2 is 1.83 bits per heavy atom. The lowest BCUT2D eigenvalue weighted by Gasteiger charge is -2.13. The maximum Gasteiger partial charge on any atom is 0.337 e. The van der Waals surface area contributed by atoms with Gasteiger partial charge in [0.05, 0.1) is 30.0 Å². The van der Waals surface area contributed by atoms with Gasteiger partial charge in [-0.05, 0) is 66.9 Å². The Hall–Kier alpha value is -2.89. The van der Waals surface area contributed by atoms with E-state index < -0.39 is 5.97 Å². The van der Waals surface area contributed by atoms with Crippen LogP contribution in [0.25, 0.3) is 22.4 Å². The molecule has 0 bridgehead atoms. The third kappa shape index (κ3) is 4.94. The third-order valence-electron chi connectivity index (χ3n) is 4.56. The van der Waals surface area contributed by atoms with E-state index in [0.29, 0.717) is 13.2 Å². The topological polar surface area (TPSA) is 68.7 Å². The summed E-state index contributed by atoms with van der Waals surface area (Å²) >= 11 is 6.22. The molecule has 0 radical (unpaired) electrons. The highest BCUT2D eigenvalue weighted by atomic mass is 35.5. The summed E-state index contributed by atoms with van der Waals surface area (Å²) < 4.78 is 10.7. The highest BCUT2D eigenvalue weighted by molar-refractivity contribution is 6.33. The molecular formula is C23H22ClNO4. The number of nitrogens with zero attached hydrogens (tertiary/aromatic N) is 1. The van der Waals surface area contributed by atoms with Crippen LogP contribution < -0.4 is 4.74 Å². The van der Waals surface area contributed by atoms with E-state index in [1.54, 1.807) is 19.2 Å². The maximum absolute atomic E-state index is 11.3. The number of rotatable bonds is 8. The molecule has 0 fully saturated rings. The average Bonchev–Trinajstić information content (AvgIpc) is 2.73. The number of carbonyl (C=O) groups is 1. The quantitative estimate of drug-likeness (QED) is 0.505. The molecule has 2 aromatic carbocycles. The summed E-state index contributed by atoms with van der Waals surface area (Å²) in [6.07, 6.45) is 2.58.